The number of benzene rings is 2. The van der Waals surface area contributed by atoms with E-state index in [9.17, 15) is 18.0 Å². The Bertz CT molecular complexity index is 743. The lowest BCUT2D eigenvalue weighted by Crippen LogP contribution is -2.10. The summed E-state index contributed by atoms with van der Waals surface area (Å²) in [5.74, 6) is -0.337. The number of alkyl halides is 3. The van der Waals surface area contributed by atoms with Gasteiger partial charge < -0.3 is 4.74 Å². The summed E-state index contributed by atoms with van der Waals surface area (Å²) in [6, 6.07) is 8.19. The summed E-state index contributed by atoms with van der Waals surface area (Å²) >= 11 is 11.4. The van der Waals surface area contributed by atoms with Gasteiger partial charge in [0.25, 0.3) is 5.24 Å². The van der Waals surface area contributed by atoms with E-state index in [1.807, 2.05) is 0 Å². The number of hydrogen-bond donors (Lipinski definition) is 0. The van der Waals surface area contributed by atoms with Crippen LogP contribution in [-0.4, -0.2) is 5.24 Å². The quantitative estimate of drug-likeness (QED) is 0.659. The Labute approximate surface area is 140 Å². The summed E-state index contributed by atoms with van der Waals surface area (Å²) in [5, 5.41) is -0.566. The van der Waals surface area contributed by atoms with Gasteiger partial charge in [-0.25, -0.2) is 0 Å². The molecule has 0 aromatic heterocycles. The van der Waals surface area contributed by atoms with Gasteiger partial charge in [-0.2, -0.15) is 13.2 Å². The van der Waals surface area contributed by atoms with Crippen LogP contribution in [0.15, 0.2) is 36.4 Å². The molecule has 0 saturated heterocycles. The van der Waals surface area contributed by atoms with Crippen LogP contribution in [0, 0.1) is 6.92 Å². The first-order valence-electron chi connectivity index (χ1n) is 6.48. The lowest BCUT2D eigenvalue weighted by Gasteiger charge is -2.16. The molecule has 0 fully saturated rings. The van der Waals surface area contributed by atoms with Gasteiger partial charge in [0.05, 0.1) is 5.56 Å². The molecule has 122 valence electrons. The fourth-order valence-corrected chi connectivity index (χ4v) is 2.44. The summed E-state index contributed by atoms with van der Waals surface area (Å²) in [6.45, 7) is 1.25. The smallest absolute Gasteiger partial charge is 0.419 e. The van der Waals surface area contributed by atoms with Crippen LogP contribution in [0.25, 0.3) is 0 Å². The molecule has 0 aliphatic carbocycles. The minimum atomic E-state index is -4.55. The summed E-state index contributed by atoms with van der Waals surface area (Å²) < 4.78 is 44.4. The zero-order chi connectivity index (χ0) is 17.2. The van der Waals surface area contributed by atoms with Crippen molar-refractivity contribution in [2.75, 3.05) is 0 Å². The fraction of sp³-hybridized carbons (Fsp3) is 0.188. The predicted molar refractivity (Wildman–Crippen MR) is 82.1 cm³/mol. The van der Waals surface area contributed by atoms with Crippen molar-refractivity contribution in [1.29, 1.82) is 0 Å². The van der Waals surface area contributed by atoms with Crippen LogP contribution < -0.4 is 4.74 Å². The van der Waals surface area contributed by atoms with Crippen LogP contribution in [0.4, 0.5) is 13.2 Å². The molecule has 0 spiro atoms. The number of rotatable bonds is 4. The van der Waals surface area contributed by atoms with Crippen molar-refractivity contribution in [2.24, 2.45) is 0 Å². The monoisotopic (exact) mass is 362 g/mol. The molecule has 0 bridgehead atoms. The minimum Gasteiger partial charge on any atom is -0.488 e. The molecule has 0 heterocycles. The Hall–Kier alpha value is -1.72. The van der Waals surface area contributed by atoms with Gasteiger partial charge in [0.1, 0.15) is 12.4 Å². The Morgan fingerprint density at radius 1 is 1.22 bits per heavy atom. The predicted octanol–water partition coefficient (Wildman–Crippen LogP) is 5.63. The number of carbonyl (C=O) groups is 1. The van der Waals surface area contributed by atoms with Crippen molar-refractivity contribution in [3.63, 3.8) is 0 Å². The molecule has 0 atom stereocenters. The number of aryl methyl sites for hydroxylation is 1. The molecule has 0 saturated carbocycles. The van der Waals surface area contributed by atoms with E-state index >= 15 is 0 Å². The highest BCUT2D eigenvalue weighted by Gasteiger charge is 2.34. The molecule has 0 amide bonds. The van der Waals surface area contributed by atoms with Crippen molar-refractivity contribution >= 4 is 28.4 Å². The van der Waals surface area contributed by atoms with E-state index < -0.39 is 17.0 Å². The molecule has 0 unspecified atom stereocenters. The van der Waals surface area contributed by atoms with Gasteiger partial charge in [-0.05, 0) is 42.8 Å². The van der Waals surface area contributed by atoms with Gasteiger partial charge >= 0.3 is 6.18 Å². The van der Waals surface area contributed by atoms with Gasteiger partial charge in [0, 0.05) is 16.1 Å². The van der Waals surface area contributed by atoms with E-state index in [1.54, 1.807) is 6.92 Å². The first-order valence-corrected chi connectivity index (χ1v) is 7.23. The number of ether oxygens (including phenoxy) is 1. The third-order valence-corrected chi connectivity index (χ3v) is 3.70. The standard InChI is InChI=1S/C16H11Cl2F3O2/c1-9-5-6-14(12(7-9)16(19,20)21)23-8-11-10(15(18)22)3-2-4-13(11)17/h2-7H,8H2,1H3. The number of halogens is 5. The maximum absolute atomic E-state index is 13.1. The van der Waals surface area contributed by atoms with Crippen molar-refractivity contribution < 1.29 is 22.7 Å². The van der Waals surface area contributed by atoms with E-state index in [2.05, 4.69) is 0 Å². The molecular weight excluding hydrogens is 352 g/mol. The highest BCUT2D eigenvalue weighted by molar-refractivity contribution is 6.68. The summed E-state index contributed by atoms with van der Waals surface area (Å²) in [7, 11) is 0. The molecular formula is C16H11Cl2F3O2. The zero-order valence-corrected chi connectivity index (χ0v) is 13.4. The average Bonchev–Trinajstić information content (AvgIpc) is 2.45. The largest absolute Gasteiger partial charge is 0.488 e. The molecule has 0 N–H and O–H groups in total. The first-order chi connectivity index (χ1) is 10.7. The van der Waals surface area contributed by atoms with Gasteiger partial charge in [-0.15, -0.1) is 0 Å². The van der Waals surface area contributed by atoms with Crippen LogP contribution in [-0.2, 0) is 12.8 Å². The second-order valence-electron chi connectivity index (χ2n) is 4.83. The molecule has 7 heteroatoms. The Morgan fingerprint density at radius 2 is 1.91 bits per heavy atom. The Morgan fingerprint density at radius 3 is 2.52 bits per heavy atom. The third kappa shape index (κ3) is 4.18. The molecule has 0 aliphatic heterocycles. The number of carbonyl (C=O) groups excluding carboxylic acids is 1. The first kappa shape index (κ1) is 17.6. The van der Waals surface area contributed by atoms with E-state index in [0.717, 1.165) is 6.07 Å². The van der Waals surface area contributed by atoms with Crippen molar-refractivity contribution in [3.8, 4) is 5.75 Å². The van der Waals surface area contributed by atoms with E-state index in [-0.39, 0.29) is 28.5 Å². The van der Waals surface area contributed by atoms with Gasteiger partial charge in [0.15, 0.2) is 0 Å². The van der Waals surface area contributed by atoms with E-state index in [0.29, 0.717) is 5.56 Å². The fourth-order valence-electron chi connectivity index (χ4n) is 2.03. The van der Waals surface area contributed by atoms with Gasteiger partial charge in [0.2, 0.25) is 0 Å². The van der Waals surface area contributed by atoms with Crippen LogP contribution in [0.2, 0.25) is 5.02 Å². The second kappa shape index (κ2) is 6.81. The SMILES string of the molecule is Cc1ccc(OCc2c(Cl)cccc2C(=O)Cl)c(C(F)(F)F)c1. The van der Waals surface area contributed by atoms with E-state index in [1.165, 1.54) is 30.3 Å². The third-order valence-electron chi connectivity index (χ3n) is 3.14. The van der Waals surface area contributed by atoms with Crippen LogP contribution in [0.1, 0.15) is 27.0 Å². The normalized spacial score (nSPS) is 11.4. The molecule has 0 aliphatic rings. The van der Waals surface area contributed by atoms with Crippen molar-refractivity contribution in [3.05, 3.63) is 63.7 Å². The van der Waals surface area contributed by atoms with E-state index in [4.69, 9.17) is 27.9 Å². The molecule has 2 rings (SSSR count). The lowest BCUT2D eigenvalue weighted by atomic mass is 10.1. The van der Waals surface area contributed by atoms with Gasteiger partial charge in [-0.1, -0.05) is 29.3 Å². The average molecular weight is 363 g/mol. The van der Waals surface area contributed by atoms with Crippen molar-refractivity contribution in [1.82, 2.24) is 0 Å². The van der Waals surface area contributed by atoms with Crippen LogP contribution in [0.3, 0.4) is 0 Å². The molecule has 2 aromatic rings. The minimum absolute atomic E-state index is 0.0971. The number of hydrogen-bond acceptors (Lipinski definition) is 2. The second-order valence-corrected chi connectivity index (χ2v) is 5.58. The summed E-state index contributed by atoms with van der Waals surface area (Å²) in [4.78, 5) is 11.4. The summed E-state index contributed by atoms with van der Waals surface area (Å²) in [6.07, 6.45) is -4.55. The van der Waals surface area contributed by atoms with Crippen molar-refractivity contribution in [2.45, 2.75) is 19.7 Å². The molecule has 23 heavy (non-hydrogen) atoms. The molecule has 2 nitrogen and oxygen atoms in total. The molecule has 2 aromatic carbocycles. The zero-order valence-electron chi connectivity index (χ0n) is 11.9. The maximum Gasteiger partial charge on any atom is 0.419 e. The lowest BCUT2D eigenvalue weighted by molar-refractivity contribution is -0.139. The highest BCUT2D eigenvalue weighted by Crippen LogP contribution is 2.37. The topological polar surface area (TPSA) is 26.3 Å². The Kier molecular flexibility index (Phi) is 5.22. The maximum atomic E-state index is 13.1. The highest BCUT2D eigenvalue weighted by atomic mass is 35.5. The van der Waals surface area contributed by atoms with Crippen LogP contribution >= 0.6 is 23.2 Å². The van der Waals surface area contributed by atoms with Crippen LogP contribution in [0.5, 0.6) is 5.75 Å². The molecule has 0 radical (unpaired) electrons. The summed E-state index contributed by atoms with van der Waals surface area (Å²) in [5.41, 5.74) is -0.0925. The Balaban J connectivity index is 2.35. The van der Waals surface area contributed by atoms with Gasteiger partial charge in [-0.3, -0.25) is 4.79 Å².